The molecule has 1 aliphatic carbocycles. The molecule has 3 aromatic rings. The van der Waals surface area contributed by atoms with Gasteiger partial charge >= 0.3 is 5.97 Å². The summed E-state index contributed by atoms with van der Waals surface area (Å²) in [5, 5.41) is 21.1. The monoisotopic (exact) mass is 399 g/mol. The van der Waals surface area contributed by atoms with Crippen molar-refractivity contribution >= 4 is 23.1 Å². The van der Waals surface area contributed by atoms with Gasteiger partial charge in [-0.3, -0.25) is 9.78 Å². The molecule has 4 rings (SSSR count). The van der Waals surface area contributed by atoms with Gasteiger partial charge in [-0.1, -0.05) is 6.42 Å². The maximum Gasteiger partial charge on any atom is 0.308 e. The third-order valence-corrected chi connectivity index (χ3v) is 5.96. The molecule has 0 saturated heterocycles. The minimum atomic E-state index is -0.893. The van der Waals surface area contributed by atoms with Gasteiger partial charge in [0.15, 0.2) is 0 Å². The minimum absolute atomic E-state index is 0.0586. The minimum Gasteiger partial charge on any atom is -0.481 e. The van der Waals surface area contributed by atoms with Crippen LogP contribution in [0.1, 0.15) is 29.8 Å². The lowest BCUT2D eigenvalue weighted by Crippen LogP contribution is -2.42. The van der Waals surface area contributed by atoms with E-state index in [1.807, 2.05) is 0 Å². The van der Waals surface area contributed by atoms with Crippen LogP contribution in [0.5, 0.6) is 0 Å². The van der Waals surface area contributed by atoms with Crippen LogP contribution in [0.4, 0.5) is 10.2 Å². The number of anilines is 1. The number of halogens is 1. The molecule has 1 fully saturated rings. The van der Waals surface area contributed by atoms with E-state index in [2.05, 4.69) is 25.5 Å². The number of carboxylic acid groups (broad SMARTS) is 1. The van der Waals surface area contributed by atoms with Crippen LogP contribution in [-0.4, -0.2) is 37.8 Å². The molecule has 28 heavy (non-hydrogen) atoms. The second-order valence-electron chi connectivity index (χ2n) is 6.83. The number of rotatable bonds is 7. The lowest BCUT2D eigenvalue weighted by atomic mass is 9.66. The first-order chi connectivity index (χ1) is 13.6. The summed E-state index contributed by atoms with van der Waals surface area (Å²) in [7, 11) is 0. The van der Waals surface area contributed by atoms with Gasteiger partial charge in [-0.25, -0.2) is 9.37 Å². The van der Waals surface area contributed by atoms with E-state index in [4.69, 9.17) is 5.11 Å². The van der Waals surface area contributed by atoms with Crippen molar-refractivity contribution in [1.82, 2.24) is 20.2 Å². The van der Waals surface area contributed by atoms with Crippen LogP contribution in [0.2, 0.25) is 0 Å². The Labute approximate surface area is 164 Å². The van der Waals surface area contributed by atoms with E-state index in [0.29, 0.717) is 33.6 Å². The number of aliphatic carboxylic acids is 1. The molecule has 144 valence electrons. The number of nitrogens with one attached hydrogen (secondary N) is 1. The van der Waals surface area contributed by atoms with Crippen molar-refractivity contribution in [3.05, 3.63) is 53.0 Å². The van der Waals surface area contributed by atoms with Gasteiger partial charge in [0.25, 0.3) is 0 Å². The second kappa shape index (κ2) is 7.59. The summed E-state index contributed by atoms with van der Waals surface area (Å²) < 4.78 is 14.2. The molecule has 0 radical (unpaired) electrons. The third-order valence-electron chi connectivity index (χ3n) is 4.94. The topological polar surface area (TPSA) is 101 Å². The summed E-state index contributed by atoms with van der Waals surface area (Å²) in [6, 6.07) is 6.63. The molecule has 3 aromatic heterocycles. The molecule has 7 nitrogen and oxygen atoms in total. The summed E-state index contributed by atoms with van der Waals surface area (Å²) in [5.41, 5.74) is 0.778. The first kappa shape index (κ1) is 18.4. The molecule has 1 aliphatic rings. The molecule has 0 spiro atoms. The predicted molar refractivity (Wildman–Crippen MR) is 103 cm³/mol. The van der Waals surface area contributed by atoms with Crippen molar-refractivity contribution in [2.75, 3.05) is 11.9 Å². The summed E-state index contributed by atoms with van der Waals surface area (Å²) in [6.45, 7) is 0.537. The smallest absolute Gasteiger partial charge is 0.308 e. The SMILES string of the molecule is O=C(O)Cc1cnc(-c2ccc(NCC3(c4ncccc4F)CCC3)nn2)s1. The van der Waals surface area contributed by atoms with Gasteiger partial charge in [0.2, 0.25) is 0 Å². The fourth-order valence-electron chi connectivity index (χ4n) is 3.33. The molecule has 0 bridgehead atoms. The highest BCUT2D eigenvalue weighted by Crippen LogP contribution is 2.43. The van der Waals surface area contributed by atoms with Crippen molar-refractivity contribution in [2.24, 2.45) is 0 Å². The molecule has 3 heterocycles. The van der Waals surface area contributed by atoms with Gasteiger partial charge < -0.3 is 10.4 Å². The highest BCUT2D eigenvalue weighted by atomic mass is 32.1. The molecule has 2 N–H and O–H groups in total. The van der Waals surface area contributed by atoms with E-state index in [-0.39, 0.29) is 17.7 Å². The van der Waals surface area contributed by atoms with E-state index >= 15 is 0 Å². The molecule has 0 unspecified atom stereocenters. The summed E-state index contributed by atoms with van der Waals surface area (Å²) in [5.74, 6) is -0.574. The van der Waals surface area contributed by atoms with E-state index < -0.39 is 5.97 Å². The normalized spacial score (nSPS) is 15.0. The molecule has 0 aromatic carbocycles. The number of pyridine rings is 1. The predicted octanol–water partition coefficient (Wildman–Crippen LogP) is 3.30. The zero-order valence-corrected chi connectivity index (χ0v) is 15.7. The Bertz CT molecular complexity index is 988. The number of aromatic nitrogens is 4. The highest BCUT2D eigenvalue weighted by Gasteiger charge is 2.41. The Kier molecular flexibility index (Phi) is 4.99. The fraction of sp³-hybridized carbons (Fsp3) is 0.316. The summed E-state index contributed by atoms with van der Waals surface area (Å²) in [6.07, 6.45) is 5.92. The lowest BCUT2D eigenvalue weighted by Gasteiger charge is -2.41. The number of thiazole rings is 1. The van der Waals surface area contributed by atoms with Crippen LogP contribution in [0.15, 0.2) is 36.7 Å². The molecule has 9 heteroatoms. The van der Waals surface area contributed by atoms with E-state index in [1.165, 1.54) is 17.4 Å². The first-order valence-electron chi connectivity index (χ1n) is 8.91. The average Bonchev–Trinajstić information content (AvgIpc) is 3.10. The van der Waals surface area contributed by atoms with Gasteiger partial charge in [0.1, 0.15) is 22.3 Å². The van der Waals surface area contributed by atoms with Crippen LogP contribution in [0.25, 0.3) is 10.7 Å². The van der Waals surface area contributed by atoms with Crippen LogP contribution in [0.3, 0.4) is 0 Å². The van der Waals surface area contributed by atoms with Crippen molar-refractivity contribution in [2.45, 2.75) is 31.1 Å². The van der Waals surface area contributed by atoms with Crippen molar-refractivity contribution < 1.29 is 14.3 Å². The average molecular weight is 399 g/mol. The Morgan fingerprint density at radius 1 is 1.25 bits per heavy atom. The molecule has 0 aliphatic heterocycles. The summed E-state index contributed by atoms with van der Waals surface area (Å²) in [4.78, 5) is 19.9. The van der Waals surface area contributed by atoms with Crippen molar-refractivity contribution in [3.8, 4) is 10.7 Å². The number of nitrogens with zero attached hydrogens (tertiary/aromatic N) is 4. The zero-order chi connectivity index (χ0) is 19.6. The standard InChI is InChI=1S/C19H18FN5O2S/c20-13-3-1-8-21-17(13)19(6-2-7-19)11-23-15-5-4-14(24-25-15)18-22-10-12(28-18)9-16(26)27/h1,3-5,8,10H,2,6-7,9,11H2,(H,23,25)(H,26,27). The Balaban J connectivity index is 1.44. The molecule has 1 saturated carbocycles. The largest absolute Gasteiger partial charge is 0.481 e. The van der Waals surface area contributed by atoms with Crippen LogP contribution < -0.4 is 5.32 Å². The molecular weight excluding hydrogens is 381 g/mol. The first-order valence-corrected chi connectivity index (χ1v) is 9.73. The number of hydrogen-bond acceptors (Lipinski definition) is 7. The molecular formula is C19H18FN5O2S. The highest BCUT2D eigenvalue weighted by molar-refractivity contribution is 7.15. The van der Waals surface area contributed by atoms with Gasteiger partial charge in [-0.15, -0.1) is 21.5 Å². The van der Waals surface area contributed by atoms with Crippen LogP contribution in [0, 0.1) is 5.82 Å². The maximum absolute atomic E-state index is 14.2. The summed E-state index contributed by atoms with van der Waals surface area (Å²) >= 11 is 1.28. The number of carbonyl (C=O) groups is 1. The van der Waals surface area contributed by atoms with Gasteiger partial charge in [-0.2, -0.15) is 0 Å². The second-order valence-corrected chi connectivity index (χ2v) is 7.94. The van der Waals surface area contributed by atoms with Gasteiger partial charge in [-0.05, 0) is 37.1 Å². The van der Waals surface area contributed by atoms with Crippen LogP contribution in [-0.2, 0) is 16.6 Å². The lowest BCUT2D eigenvalue weighted by molar-refractivity contribution is -0.136. The van der Waals surface area contributed by atoms with Gasteiger partial charge in [0.05, 0.1) is 12.1 Å². The Morgan fingerprint density at radius 3 is 2.75 bits per heavy atom. The van der Waals surface area contributed by atoms with E-state index in [9.17, 15) is 9.18 Å². The van der Waals surface area contributed by atoms with Crippen LogP contribution >= 0.6 is 11.3 Å². The maximum atomic E-state index is 14.2. The number of hydrogen-bond donors (Lipinski definition) is 2. The van der Waals surface area contributed by atoms with Crippen molar-refractivity contribution in [3.63, 3.8) is 0 Å². The quantitative estimate of drug-likeness (QED) is 0.629. The fourth-order valence-corrected chi connectivity index (χ4v) is 4.20. The molecule has 0 atom stereocenters. The molecule has 0 amide bonds. The van der Waals surface area contributed by atoms with E-state index in [1.54, 1.807) is 30.6 Å². The van der Waals surface area contributed by atoms with E-state index in [0.717, 1.165) is 19.3 Å². The van der Waals surface area contributed by atoms with Gasteiger partial charge in [0, 0.05) is 29.2 Å². The third kappa shape index (κ3) is 3.70. The Morgan fingerprint density at radius 2 is 2.11 bits per heavy atom. The zero-order valence-electron chi connectivity index (χ0n) is 14.9. The Hall–Kier alpha value is -2.94. The number of carboxylic acids is 1. The van der Waals surface area contributed by atoms with Crippen molar-refractivity contribution in [1.29, 1.82) is 0 Å².